The molecular weight excluding hydrogens is 267 g/mol. The van der Waals surface area contributed by atoms with Gasteiger partial charge in [0.05, 0.1) is 0 Å². The molecule has 1 heterocycles. The summed E-state index contributed by atoms with van der Waals surface area (Å²) in [6.45, 7) is 7.12. The first-order chi connectivity index (χ1) is 5.29. The molecule has 1 unspecified atom stereocenters. The molecule has 1 aliphatic rings. The summed E-state index contributed by atoms with van der Waals surface area (Å²) in [6, 6.07) is 0. The summed E-state index contributed by atoms with van der Waals surface area (Å²) in [4.78, 5) is 0. The SMILES string of the molecule is CCCCN1[SiH2]N(CC)C1I. The third-order valence-corrected chi connectivity index (χ3v) is 7.41. The highest BCUT2D eigenvalue weighted by molar-refractivity contribution is 14.1. The standard InChI is InChI=1S/C7H17IN2Si/c1-3-5-6-10-7(8)9(4-2)11-10/h7H,3-6,11H2,1-2H3. The van der Waals surface area contributed by atoms with Crippen molar-refractivity contribution in [2.24, 2.45) is 0 Å². The Kier molecular flexibility index (Phi) is 4.33. The summed E-state index contributed by atoms with van der Waals surface area (Å²) in [5.41, 5.74) is 0. The van der Waals surface area contributed by atoms with E-state index < -0.39 is 0 Å². The Hall–Kier alpha value is 0.867. The molecule has 1 aliphatic heterocycles. The normalized spacial score (nSPS) is 29.2. The first-order valence-electron chi connectivity index (χ1n) is 4.41. The van der Waals surface area contributed by atoms with E-state index in [-0.39, 0.29) is 9.84 Å². The van der Waals surface area contributed by atoms with Crippen molar-refractivity contribution in [2.75, 3.05) is 13.1 Å². The predicted octanol–water partition coefficient (Wildman–Crippen LogP) is 1.14. The lowest BCUT2D eigenvalue weighted by Crippen LogP contribution is -2.63. The van der Waals surface area contributed by atoms with E-state index in [0.717, 1.165) is 4.17 Å². The maximum Gasteiger partial charge on any atom is 0.176 e. The lowest BCUT2D eigenvalue weighted by molar-refractivity contribution is 0.188. The van der Waals surface area contributed by atoms with Crippen LogP contribution in [0.15, 0.2) is 0 Å². The van der Waals surface area contributed by atoms with Gasteiger partial charge in [-0.2, -0.15) is 0 Å². The maximum absolute atomic E-state index is 2.66. The number of rotatable bonds is 4. The van der Waals surface area contributed by atoms with Gasteiger partial charge in [-0.25, -0.2) is 0 Å². The zero-order valence-corrected chi connectivity index (χ0v) is 11.0. The highest BCUT2D eigenvalue weighted by atomic mass is 127. The van der Waals surface area contributed by atoms with Gasteiger partial charge in [0.2, 0.25) is 0 Å². The summed E-state index contributed by atoms with van der Waals surface area (Å²) in [5.74, 6) is 0. The van der Waals surface area contributed by atoms with Crippen LogP contribution in [-0.2, 0) is 0 Å². The first-order valence-corrected chi connectivity index (χ1v) is 6.92. The molecule has 2 nitrogen and oxygen atoms in total. The van der Waals surface area contributed by atoms with Crippen molar-refractivity contribution in [1.82, 2.24) is 9.13 Å². The van der Waals surface area contributed by atoms with Gasteiger partial charge in [-0.15, -0.1) is 0 Å². The Balaban J connectivity index is 2.11. The predicted molar refractivity (Wildman–Crippen MR) is 60.3 cm³/mol. The van der Waals surface area contributed by atoms with E-state index in [1.165, 1.54) is 25.9 Å². The van der Waals surface area contributed by atoms with Gasteiger partial charge in [-0.05, 0) is 42.1 Å². The van der Waals surface area contributed by atoms with Crippen molar-refractivity contribution in [2.45, 2.75) is 30.9 Å². The first kappa shape index (κ1) is 9.95. The van der Waals surface area contributed by atoms with E-state index in [4.69, 9.17) is 0 Å². The van der Waals surface area contributed by atoms with Crippen LogP contribution in [0.4, 0.5) is 0 Å². The van der Waals surface area contributed by atoms with E-state index in [0.29, 0.717) is 0 Å². The van der Waals surface area contributed by atoms with E-state index in [1.807, 2.05) is 0 Å². The molecule has 0 saturated carbocycles. The van der Waals surface area contributed by atoms with Crippen molar-refractivity contribution < 1.29 is 0 Å². The molecule has 0 bridgehead atoms. The van der Waals surface area contributed by atoms with Crippen LogP contribution in [0.1, 0.15) is 26.7 Å². The van der Waals surface area contributed by atoms with Crippen LogP contribution in [0.5, 0.6) is 0 Å². The summed E-state index contributed by atoms with van der Waals surface area (Å²) >= 11 is 2.54. The molecule has 0 aromatic carbocycles. The van der Waals surface area contributed by atoms with Crippen LogP contribution in [-0.4, -0.2) is 36.2 Å². The van der Waals surface area contributed by atoms with Crippen LogP contribution < -0.4 is 0 Å². The lowest BCUT2D eigenvalue weighted by atomic mass is 10.3. The Morgan fingerprint density at radius 3 is 2.55 bits per heavy atom. The third-order valence-electron chi connectivity index (χ3n) is 2.17. The number of halogens is 1. The summed E-state index contributed by atoms with van der Waals surface area (Å²) in [5, 5.41) is 0. The smallest absolute Gasteiger partial charge is 0.176 e. The topological polar surface area (TPSA) is 6.48 Å². The molecule has 66 valence electrons. The van der Waals surface area contributed by atoms with E-state index in [9.17, 15) is 0 Å². The molecule has 0 aromatic heterocycles. The Bertz CT molecular complexity index is 121. The highest BCUT2D eigenvalue weighted by Crippen LogP contribution is 2.21. The molecule has 0 aromatic rings. The van der Waals surface area contributed by atoms with Crippen molar-refractivity contribution in [3.63, 3.8) is 0 Å². The monoisotopic (exact) mass is 284 g/mol. The van der Waals surface area contributed by atoms with Crippen LogP contribution in [0.2, 0.25) is 0 Å². The molecule has 1 rings (SSSR count). The molecule has 1 fully saturated rings. The van der Waals surface area contributed by atoms with Gasteiger partial charge in [-0.3, -0.25) is 9.13 Å². The minimum absolute atomic E-state index is 0.0243. The molecule has 11 heavy (non-hydrogen) atoms. The summed E-state index contributed by atoms with van der Waals surface area (Å²) in [7, 11) is 0.0243. The van der Waals surface area contributed by atoms with E-state index in [2.05, 4.69) is 45.6 Å². The molecule has 0 aliphatic carbocycles. The van der Waals surface area contributed by atoms with Crippen LogP contribution in [0.25, 0.3) is 0 Å². The van der Waals surface area contributed by atoms with Gasteiger partial charge >= 0.3 is 0 Å². The Labute approximate surface area is 85.4 Å². The van der Waals surface area contributed by atoms with Gasteiger partial charge in [-0.1, -0.05) is 20.3 Å². The number of nitrogens with zero attached hydrogens (tertiary/aromatic N) is 2. The maximum atomic E-state index is 2.66. The molecule has 0 N–H and O–H groups in total. The molecule has 0 radical (unpaired) electrons. The van der Waals surface area contributed by atoms with E-state index >= 15 is 0 Å². The lowest BCUT2D eigenvalue weighted by Gasteiger charge is -2.47. The molecule has 0 amide bonds. The third kappa shape index (κ3) is 2.40. The van der Waals surface area contributed by atoms with E-state index in [1.54, 1.807) is 0 Å². The van der Waals surface area contributed by atoms with Crippen molar-refractivity contribution in [3.05, 3.63) is 0 Å². The van der Waals surface area contributed by atoms with Crippen molar-refractivity contribution >= 4 is 32.4 Å². The quantitative estimate of drug-likeness (QED) is 0.331. The van der Waals surface area contributed by atoms with Crippen LogP contribution >= 0.6 is 22.6 Å². The zero-order valence-electron chi connectivity index (χ0n) is 7.39. The Morgan fingerprint density at radius 1 is 1.36 bits per heavy atom. The molecule has 1 saturated heterocycles. The van der Waals surface area contributed by atoms with Gasteiger partial charge in [0.15, 0.2) is 9.84 Å². The number of hydrogen-bond donors (Lipinski definition) is 0. The van der Waals surface area contributed by atoms with Crippen molar-refractivity contribution in [1.29, 1.82) is 0 Å². The fourth-order valence-corrected chi connectivity index (χ4v) is 4.48. The Morgan fingerprint density at radius 2 is 2.09 bits per heavy atom. The number of unbranched alkanes of at least 4 members (excludes halogenated alkanes) is 1. The van der Waals surface area contributed by atoms with Gasteiger partial charge in [0.1, 0.15) is 4.17 Å². The van der Waals surface area contributed by atoms with Gasteiger partial charge < -0.3 is 0 Å². The number of hydrogen-bond acceptors (Lipinski definition) is 2. The molecule has 1 atom stereocenters. The summed E-state index contributed by atoms with van der Waals surface area (Å²) < 4.78 is 6.00. The second-order valence-corrected chi connectivity index (χ2v) is 6.04. The molecule has 0 spiro atoms. The highest BCUT2D eigenvalue weighted by Gasteiger charge is 2.32. The fraction of sp³-hybridized carbons (Fsp3) is 1.00. The second-order valence-electron chi connectivity index (χ2n) is 3.02. The minimum atomic E-state index is 0.0243. The fourth-order valence-electron chi connectivity index (χ4n) is 1.29. The van der Waals surface area contributed by atoms with Gasteiger partial charge in [0, 0.05) is 0 Å². The molecular formula is C7H17IN2Si. The second kappa shape index (κ2) is 4.79. The molecule has 4 heteroatoms. The average molecular weight is 284 g/mol. The minimum Gasteiger partial charge on any atom is -0.294 e. The zero-order chi connectivity index (χ0) is 8.27. The number of alkyl halides is 1. The average Bonchev–Trinajstić information content (AvgIpc) is 2.03. The van der Waals surface area contributed by atoms with Crippen LogP contribution in [0.3, 0.4) is 0 Å². The van der Waals surface area contributed by atoms with Gasteiger partial charge in [0.25, 0.3) is 0 Å². The summed E-state index contributed by atoms with van der Waals surface area (Å²) in [6.07, 6.45) is 2.71. The largest absolute Gasteiger partial charge is 0.294 e. The van der Waals surface area contributed by atoms with Crippen molar-refractivity contribution in [3.8, 4) is 0 Å². The van der Waals surface area contributed by atoms with Crippen LogP contribution in [0, 0.1) is 0 Å².